The van der Waals surface area contributed by atoms with Crippen LogP contribution in [-0.4, -0.2) is 45.4 Å². The largest absolute Gasteiger partial charge is 0.481 e. The first-order valence-electron chi connectivity index (χ1n) is 7.22. The number of hydrogen-bond donors (Lipinski definition) is 1. The summed E-state index contributed by atoms with van der Waals surface area (Å²) in [4.78, 5) is 22.6. The van der Waals surface area contributed by atoms with Crippen LogP contribution < -0.4 is 4.74 Å². The van der Waals surface area contributed by atoms with E-state index in [2.05, 4.69) is 14.9 Å². The molecule has 0 saturated carbocycles. The third-order valence-corrected chi connectivity index (χ3v) is 4.71. The molecule has 0 bridgehead atoms. The van der Waals surface area contributed by atoms with Gasteiger partial charge in [-0.15, -0.1) is 11.8 Å². The predicted octanol–water partition coefficient (Wildman–Crippen LogP) is 2.29. The SMILES string of the molecule is COc1cc2c(cn1)SCCN(Cc1ccc(C(=O)O)nc1)C2. The van der Waals surface area contributed by atoms with Crippen LogP contribution >= 0.6 is 11.8 Å². The molecule has 0 atom stereocenters. The quantitative estimate of drug-likeness (QED) is 0.921. The number of pyridine rings is 2. The summed E-state index contributed by atoms with van der Waals surface area (Å²) >= 11 is 1.80. The highest BCUT2D eigenvalue weighted by Crippen LogP contribution is 2.29. The Kier molecular flexibility index (Phi) is 4.78. The van der Waals surface area contributed by atoms with Gasteiger partial charge in [0.05, 0.1) is 7.11 Å². The summed E-state index contributed by atoms with van der Waals surface area (Å²) in [5, 5.41) is 8.90. The van der Waals surface area contributed by atoms with E-state index in [0.29, 0.717) is 5.88 Å². The van der Waals surface area contributed by atoms with Crippen molar-refractivity contribution in [3.63, 3.8) is 0 Å². The van der Waals surface area contributed by atoms with Gasteiger partial charge in [-0.3, -0.25) is 4.90 Å². The van der Waals surface area contributed by atoms with Crippen molar-refractivity contribution in [1.29, 1.82) is 0 Å². The minimum Gasteiger partial charge on any atom is -0.481 e. The average Bonchev–Trinajstić information content (AvgIpc) is 2.76. The van der Waals surface area contributed by atoms with E-state index < -0.39 is 5.97 Å². The van der Waals surface area contributed by atoms with Gasteiger partial charge in [0.25, 0.3) is 0 Å². The zero-order chi connectivity index (χ0) is 16.2. The summed E-state index contributed by atoms with van der Waals surface area (Å²) in [5.74, 6) is 0.608. The molecule has 3 rings (SSSR count). The Morgan fingerprint density at radius 3 is 2.96 bits per heavy atom. The van der Waals surface area contributed by atoms with Crippen molar-refractivity contribution in [3.05, 3.63) is 47.4 Å². The zero-order valence-corrected chi connectivity index (χ0v) is 13.5. The van der Waals surface area contributed by atoms with Crippen LogP contribution in [0.15, 0.2) is 35.5 Å². The molecule has 1 aliphatic rings. The van der Waals surface area contributed by atoms with Gasteiger partial charge >= 0.3 is 5.97 Å². The average molecular weight is 331 g/mol. The number of hydrogen-bond acceptors (Lipinski definition) is 6. The van der Waals surface area contributed by atoms with Crippen molar-refractivity contribution in [2.75, 3.05) is 19.4 Å². The van der Waals surface area contributed by atoms with Crippen LogP contribution in [0.2, 0.25) is 0 Å². The molecule has 2 aromatic heterocycles. The Hall–Kier alpha value is -2.12. The van der Waals surface area contributed by atoms with Crippen LogP contribution in [0.5, 0.6) is 5.88 Å². The molecule has 1 aliphatic heterocycles. The molecule has 0 spiro atoms. The van der Waals surface area contributed by atoms with Crippen LogP contribution in [0.3, 0.4) is 0 Å². The van der Waals surface area contributed by atoms with Crippen LogP contribution in [0.25, 0.3) is 0 Å². The highest BCUT2D eigenvalue weighted by molar-refractivity contribution is 7.99. The fourth-order valence-electron chi connectivity index (χ4n) is 2.47. The minimum absolute atomic E-state index is 0.0707. The highest BCUT2D eigenvalue weighted by Gasteiger charge is 2.16. The number of aromatic nitrogens is 2. The Bertz CT molecular complexity index is 706. The molecule has 2 aromatic rings. The molecule has 0 amide bonds. The molecule has 0 unspecified atom stereocenters. The molecule has 7 heteroatoms. The van der Waals surface area contributed by atoms with Crippen LogP contribution in [0.4, 0.5) is 0 Å². The standard InChI is InChI=1S/C16H17N3O3S/c1-22-15-6-12-10-19(4-5-23-14(12)8-18-15)9-11-2-3-13(16(20)21)17-7-11/h2-3,6-8H,4-5,9-10H2,1H3,(H,20,21). The summed E-state index contributed by atoms with van der Waals surface area (Å²) in [6.07, 6.45) is 3.50. The number of carboxylic acids is 1. The van der Waals surface area contributed by atoms with Crippen molar-refractivity contribution in [2.45, 2.75) is 18.0 Å². The second-order valence-electron chi connectivity index (χ2n) is 5.25. The number of carbonyl (C=O) groups is 1. The number of carboxylic acid groups (broad SMARTS) is 1. The minimum atomic E-state index is -1.00. The van der Waals surface area contributed by atoms with Crippen LogP contribution in [0.1, 0.15) is 21.6 Å². The van der Waals surface area contributed by atoms with E-state index in [1.807, 2.05) is 18.3 Å². The summed E-state index contributed by atoms with van der Waals surface area (Å²) in [6.45, 7) is 2.49. The van der Waals surface area contributed by atoms with Crippen LogP contribution in [0, 0.1) is 0 Å². The van der Waals surface area contributed by atoms with E-state index >= 15 is 0 Å². The normalized spacial score (nSPS) is 14.8. The Balaban J connectivity index is 1.74. The lowest BCUT2D eigenvalue weighted by Crippen LogP contribution is -2.24. The van der Waals surface area contributed by atoms with Gasteiger partial charge in [-0.1, -0.05) is 6.07 Å². The molecule has 0 saturated heterocycles. The molecule has 1 N–H and O–H groups in total. The van der Waals surface area contributed by atoms with Crippen molar-refractivity contribution < 1.29 is 14.6 Å². The van der Waals surface area contributed by atoms with Crippen molar-refractivity contribution in [2.24, 2.45) is 0 Å². The third-order valence-electron chi connectivity index (χ3n) is 3.64. The van der Waals surface area contributed by atoms with Gasteiger partial charge in [-0.05, 0) is 17.2 Å². The maximum atomic E-state index is 10.9. The van der Waals surface area contributed by atoms with Gasteiger partial charge in [-0.2, -0.15) is 0 Å². The predicted molar refractivity (Wildman–Crippen MR) is 86.8 cm³/mol. The summed E-state index contributed by atoms with van der Waals surface area (Å²) in [6, 6.07) is 5.35. The van der Waals surface area contributed by atoms with Gasteiger partial charge in [0.2, 0.25) is 5.88 Å². The summed E-state index contributed by atoms with van der Waals surface area (Å²) in [7, 11) is 1.62. The highest BCUT2D eigenvalue weighted by atomic mass is 32.2. The molecule has 3 heterocycles. The third kappa shape index (κ3) is 3.80. The van der Waals surface area contributed by atoms with E-state index in [-0.39, 0.29) is 5.69 Å². The first-order chi connectivity index (χ1) is 11.2. The fraction of sp³-hybridized carbons (Fsp3) is 0.312. The monoisotopic (exact) mass is 331 g/mol. The van der Waals surface area contributed by atoms with E-state index in [1.165, 1.54) is 10.5 Å². The van der Waals surface area contributed by atoms with Crippen molar-refractivity contribution in [3.8, 4) is 5.88 Å². The lowest BCUT2D eigenvalue weighted by atomic mass is 10.2. The Morgan fingerprint density at radius 1 is 1.39 bits per heavy atom. The number of fused-ring (bicyclic) bond motifs is 1. The zero-order valence-electron chi connectivity index (χ0n) is 12.7. The molecule has 6 nitrogen and oxygen atoms in total. The molecular weight excluding hydrogens is 314 g/mol. The summed E-state index contributed by atoms with van der Waals surface area (Å²) < 4.78 is 5.21. The van der Waals surface area contributed by atoms with E-state index in [9.17, 15) is 4.79 Å². The lowest BCUT2D eigenvalue weighted by Gasteiger charge is -2.20. The summed E-state index contributed by atoms with van der Waals surface area (Å²) in [5.41, 5.74) is 2.28. The number of rotatable bonds is 4. The van der Waals surface area contributed by atoms with E-state index in [0.717, 1.165) is 31.0 Å². The number of ether oxygens (including phenoxy) is 1. The van der Waals surface area contributed by atoms with Gasteiger partial charge in [0.1, 0.15) is 5.69 Å². The molecule has 120 valence electrons. The lowest BCUT2D eigenvalue weighted by molar-refractivity contribution is 0.0690. The molecule has 0 aliphatic carbocycles. The van der Waals surface area contributed by atoms with Gasteiger partial charge in [0, 0.05) is 48.7 Å². The van der Waals surface area contributed by atoms with E-state index in [4.69, 9.17) is 9.84 Å². The molecule has 0 radical (unpaired) electrons. The fourth-order valence-corrected chi connectivity index (χ4v) is 3.48. The maximum absolute atomic E-state index is 10.9. The second kappa shape index (κ2) is 6.97. The maximum Gasteiger partial charge on any atom is 0.354 e. The molecule has 0 fully saturated rings. The molecular formula is C16H17N3O3S. The Labute approximate surface area is 138 Å². The Morgan fingerprint density at radius 2 is 2.26 bits per heavy atom. The number of thioether (sulfide) groups is 1. The first-order valence-corrected chi connectivity index (χ1v) is 8.20. The van der Waals surface area contributed by atoms with Gasteiger partial charge < -0.3 is 9.84 Å². The van der Waals surface area contributed by atoms with Crippen molar-refractivity contribution in [1.82, 2.24) is 14.9 Å². The van der Waals surface area contributed by atoms with Gasteiger partial charge in [0.15, 0.2) is 0 Å². The first kappa shape index (κ1) is 15.8. The van der Waals surface area contributed by atoms with Crippen molar-refractivity contribution >= 4 is 17.7 Å². The number of methoxy groups -OCH3 is 1. The second-order valence-corrected chi connectivity index (χ2v) is 6.39. The van der Waals surface area contributed by atoms with Crippen LogP contribution in [-0.2, 0) is 13.1 Å². The number of aromatic carboxylic acids is 1. The van der Waals surface area contributed by atoms with E-state index in [1.54, 1.807) is 31.1 Å². The number of nitrogens with zero attached hydrogens (tertiary/aromatic N) is 3. The topological polar surface area (TPSA) is 75.5 Å². The smallest absolute Gasteiger partial charge is 0.354 e. The van der Waals surface area contributed by atoms with Gasteiger partial charge in [-0.25, -0.2) is 14.8 Å². The molecule has 23 heavy (non-hydrogen) atoms. The molecule has 0 aromatic carbocycles.